The Hall–Kier alpha value is -0.690. The van der Waals surface area contributed by atoms with Crippen LogP contribution in [0.3, 0.4) is 0 Å². The maximum Gasteiger partial charge on any atom is 0.206 e. The summed E-state index contributed by atoms with van der Waals surface area (Å²) in [6, 6.07) is 6.02. The molecular formula is C26H30Br4O6S. The van der Waals surface area contributed by atoms with Gasteiger partial charge in [-0.05, 0) is 102 Å². The molecule has 0 spiro atoms. The minimum atomic E-state index is -3.89. The van der Waals surface area contributed by atoms with Gasteiger partial charge in [-0.1, -0.05) is 38.2 Å². The standard InChI is InChI=1S/C26H30Br4O6S/c1-7-23(33-13-15(3)4)35-25-19(27)9-17(10-20(25)28)37(31,32)18-11-21(29)26(22(30)12-18)36-24(8-2)34-14-16(5)6/h9-12,23-24H,3,5,7-8,13-14H2,1-2,4,6H3. The molecule has 0 saturated carbocycles. The average Bonchev–Trinajstić information content (AvgIpc) is 2.81. The summed E-state index contributed by atoms with van der Waals surface area (Å²) in [6.07, 6.45) is 0.162. The Kier molecular flexibility index (Phi) is 12.9. The summed E-state index contributed by atoms with van der Waals surface area (Å²) in [7, 11) is -3.89. The van der Waals surface area contributed by atoms with Crippen LogP contribution in [0, 0.1) is 0 Å². The molecule has 37 heavy (non-hydrogen) atoms. The van der Waals surface area contributed by atoms with E-state index in [0.717, 1.165) is 11.1 Å². The van der Waals surface area contributed by atoms with Gasteiger partial charge in [0, 0.05) is 12.8 Å². The smallest absolute Gasteiger partial charge is 0.206 e. The molecule has 0 N–H and O–H groups in total. The molecule has 0 aliphatic rings. The molecule has 0 bridgehead atoms. The first-order valence-corrected chi connectivity index (χ1v) is 16.0. The fraction of sp³-hybridized carbons (Fsp3) is 0.385. The zero-order valence-corrected chi connectivity index (χ0v) is 28.2. The molecule has 0 heterocycles. The Balaban J connectivity index is 2.35. The molecule has 0 saturated heterocycles. The van der Waals surface area contributed by atoms with Crippen molar-refractivity contribution in [2.24, 2.45) is 0 Å². The van der Waals surface area contributed by atoms with E-state index in [1.54, 1.807) is 0 Å². The van der Waals surface area contributed by atoms with Crippen molar-refractivity contribution in [2.45, 2.75) is 62.9 Å². The summed E-state index contributed by atoms with van der Waals surface area (Å²) in [5.41, 5.74) is 1.75. The first kappa shape index (κ1) is 32.5. The van der Waals surface area contributed by atoms with Crippen molar-refractivity contribution in [1.29, 1.82) is 0 Å². The van der Waals surface area contributed by atoms with E-state index in [-0.39, 0.29) is 9.79 Å². The number of halogens is 4. The summed E-state index contributed by atoms with van der Waals surface area (Å²) in [5, 5.41) is 0. The summed E-state index contributed by atoms with van der Waals surface area (Å²) >= 11 is 13.8. The fourth-order valence-corrected chi connectivity index (χ4v) is 7.67. The van der Waals surface area contributed by atoms with Crippen LogP contribution in [-0.4, -0.2) is 34.2 Å². The van der Waals surface area contributed by atoms with E-state index in [1.165, 1.54) is 24.3 Å². The third-order valence-corrected chi connectivity index (χ3v) is 8.83. The van der Waals surface area contributed by atoms with Crippen LogP contribution in [0.1, 0.15) is 40.5 Å². The predicted molar refractivity (Wildman–Crippen MR) is 160 cm³/mol. The fourth-order valence-electron chi connectivity index (χ4n) is 2.95. The lowest BCUT2D eigenvalue weighted by Crippen LogP contribution is -2.21. The van der Waals surface area contributed by atoms with Crippen molar-refractivity contribution in [1.82, 2.24) is 0 Å². The van der Waals surface area contributed by atoms with Gasteiger partial charge in [0.25, 0.3) is 0 Å². The number of rotatable bonds is 14. The lowest BCUT2D eigenvalue weighted by Gasteiger charge is -2.21. The van der Waals surface area contributed by atoms with Crippen molar-refractivity contribution >= 4 is 73.6 Å². The maximum absolute atomic E-state index is 13.5. The molecule has 0 aliphatic carbocycles. The summed E-state index contributed by atoms with van der Waals surface area (Å²) in [6.45, 7) is 16.0. The number of benzene rings is 2. The molecule has 0 aliphatic heterocycles. The van der Waals surface area contributed by atoms with Crippen LogP contribution in [-0.2, 0) is 19.3 Å². The van der Waals surface area contributed by atoms with Crippen molar-refractivity contribution in [3.63, 3.8) is 0 Å². The summed E-state index contributed by atoms with van der Waals surface area (Å²) < 4.78 is 52.4. The van der Waals surface area contributed by atoms with Crippen LogP contribution in [0.2, 0.25) is 0 Å². The van der Waals surface area contributed by atoms with Crippen LogP contribution in [0.4, 0.5) is 0 Å². The third-order valence-electron chi connectivity index (χ3n) is 4.76. The number of hydrogen-bond acceptors (Lipinski definition) is 6. The summed E-state index contributed by atoms with van der Waals surface area (Å²) in [5.74, 6) is 0.887. The monoisotopic (exact) mass is 786 g/mol. The first-order valence-electron chi connectivity index (χ1n) is 11.4. The second-order valence-corrected chi connectivity index (χ2v) is 13.8. The van der Waals surface area contributed by atoms with Gasteiger partial charge in [-0.2, -0.15) is 0 Å². The van der Waals surface area contributed by atoms with Crippen LogP contribution in [0.25, 0.3) is 0 Å². The Morgan fingerprint density at radius 1 is 0.730 bits per heavy atom. The molecule has 2 unspecified atom stereocenters. The quantitative estimate of drug-likeness (QED) is 0.141. The second-order valence-electron chi connectivity index (χ2n) is 8.38. The van der Waals surface area contributed by atoms with Gasteiger partial charge in [0.1, 0.15) is 0 Å². The van der Waals surface area contributed by atoms with E-state index < -0.39 is 22.4 Å². The Bertz CT molecular complexity index is 1110. The zero-order chi connectivity index (χ0) is 27.9. The minimum Gasteiger partial charge on any atom is -0.463 e. The molecule has 2 rings (SSSR count). The van der Waals surface area contributed by atoms with Gasteiger partial charge >= 0.3 is 0 Å². The van der Waals surface area contributed by atoms with E-state index in [4.69, 9.17) is 18.9 Å². The third kappa shape index (κ3) is 9.19. The molecule has 0 amide bonds. The Morgan fingerprint density at radius 3 is 1.27 bits per heavy atom. The van der Waals surface area contributed by atoms with Gasteiger partial charge in [0.2, 0.25) is 9.84 Å². The molecule has 0 aromatic heterocycles. The van der Waals surface area contributed by atoms with Gasteiger partial charge < -0.3 is 18.9 Å². The zero-order valence-electron chi connectivity index (χ0n) is 21.1. The van der Waals surface area contributed by atoms with Crippen LogP contribution in [0.5, 0.6) is 11.5 Å². The van der Waals surface area contributed by atoms with E-state index in [1.807, 2.05) is 27.7 Å². The number of ether oxygens (including phenoxy) is 4. The molecule has 204 valence electrons. The highest BCUT2D eigenvalue weighted by molar-refractivity contribution is 9.11. The Labute approximate surface area is 253 Å². The Morgan fingerprint density at radius 2 is 1.03 bits per heavy atom. The number of sulfone groups is 1. The molecule has 11 heteroatoms. The van der Waals surface area contributed by atoms with E-state index in [0.29, 0.717) is 55.4 Å². The lowest BCUT2D eigenvalue weighted by atomic mass is 10.3. The normalized spacial score (nSPS) is 13.2. The van der Waals surface area contributed by atoms with Crippen molar-refractivity contribution < 1.29 is 27.4 Å². The average molecular weight is 790 g/mol. The highest BCUT2D eigenvalue weighted by Crippen LogP contribution is 2.41. The maximum atomic E-state index is 13.5. The van der Waals surface area contributed by atoms with Crippen LogP contribution in [0.15, 0.2) is 76.3 Å². The van der Waals surface area contributed by atoms with Crippen molar-refractivity contribution in [3.05, 3.63) is 66.5 Å². The van der Waals surface area contributed by atoms with Crippen LogP contribution < -0.4 is 9.47 Å². The lowest BCUT2D eigenvalue weighted by molar-refractivity contribution is -0.0738. The minimum absolute atomic E-state index is 0.0817. The van der Waals surface area contributed by atoms with Gasteiger partial charge in [-0.15, -0.1) is 0 Å². The second kappa shape index (κ2) is 14.6. The van der Waals surface area contributed by atoms with Gasteiger partial charge in [-0.25, -0.2) is 8.42 Å². The molecule has 2 aromatic rings. The highest BCUT2D eigenvalue weighted by Gasteiger charge is 2.25. The highest BCUT2D eigenvalue weighted by atomic mass is 79.9. The van der Waals surface area contributed by atoms with E-state index in [9.17, 15) is 8.42 Å². The molecule has 2 aromatic carbocycles. The first-order chi connectivity index (χ1) is 17.3. The number of hydrogen-bond donors (Lipinski definition) is 0. The van der Waals surface area contributed by atoms with Gasteiger partial charge in [-0.3, -0.25) is 0 Å². The largest absolute Gasteiger partial charge is 0.463 e. The van der Waals surface area contributed by atoms with Gasteiger partial charge in [0.05, 0.1) is 40.9 Å². The topological polar surface area (TPSA) is 71.1 Å². The molecule has 0 radical (unpaired) electrons. The molecule has 6 nitrogen and oxygen atoms in total. The van der Waals surface area contributed by atoms with Gasteiger partial charge in [0.15, 0.2) is 24.1 Å². The summed E-state index contributed by atoms with van der Waals surface area (Å²) in [4.78, 5) is 0.163. The van der Waals surface area contributed by atoms with E-state index >= 15 is 0 Å². The van der Waals surface area contributed by atoms with E-state index in [2.05, 4.69) is 76.9 Å². The molecular weight excluding hydrogens is 760 g/mol. The van der Waals surface area contributed by atoms with Crippen LogP contribution >= 0.6 is 63.7 Å². The molecule has 0 fully saturated rings. The molecule has 2 atom stereocenters. The predicted octanol–water partition coefficient (Wildman–Crippen LogP) is 8.98. The SMILES string of the molecule is C=C(C)COC(CC)Oc1c(Br)cc(S(=O)(=O)c2cc(Br)c(OC(CC)OCC(=C)C)c(Br)c2)cc1Br. The van der Waals surface area contributed by atoms with Crippen molar-refractivity contribution in [3.8, 4) is 11.5 Å². The van der Waals surface area contributed by atoms with Crippen molar-refractivity contribution in [2.75, 3.05) is 13.2 Å².